The molecule has 2 aromatic carbocycles. The molecule has 2 aromatic rings. The van der Waals surface area contributed by atoms with Gasteiger partial charge in [0.05, 0.1) is 6.04 Å². The lowest BCUT2D eigenvalue weighted by molar-refractivity contribution is 0.144. The van der Waals surface area contributed by atoms with Gasteiger partial charge in [-0.2, -0.15) is 0 Å². The van der Waals surface area contributed by atoms with Crippen LogP contribution < -0.4 is 5.73 Å². The van der Waals surface area contributed by atoms with Crippen molar-refractivity contribution in [2.24, 2.45) is 11.7 Å². The van der Waals surface area contributed by atoms with Crippen LogP contribution in [-0.4, -0.2) is 42.0 Å². The smallest absolute Gasteiger partial charge is 0.320 e. The molecule has 4 nitrogen and oxygen atoms in total. The van der Waals surface area contributed by atoms with E-state index in [2.05, 4.69) is 0 Å². The molecule has 2 amide bonds. The van der Waals surface area contributed by atoms with E-state index in [0.717, 1.165) is 30.0 Å². The highest BCUT2D eigenvalue weighted by Gasteiger charge is 2.37. The first-order valence-electron chi connectivity index (χ1n) is 9.37. The van der Waals surface area contributed by atoms with E-state index in [-0.39, 0.29) is 6.03 Å². The van der Waals surface area contributed by atoms with Crippen LogP contribution in [-0.2, 0) is 6.42 Å². The number of rotatable bonds is 2. The highest BCUT2D eigenvalue weighted by molar-refractivity contribution is 5.76. The molecule has 1 saturated heterocycles. The first-order chi connectivity index (χ1) is 13.1. The van der Waals surface area contributed by atoms with Gasteiger partial charge >= 0.3 is 6.03 Å². The van der Waals surface area contributed by atoms with Gasteiger partial charge in [-0.05, 0) is 42.5 Å². The number of urea groups is 1. The minimum atomic E-state index is -0.629. The Balaban J connectivity index is 1.73. The first kappa shape index (κ1) is 17.9. The maximum Gasteiger partial charge on any atom is 0.320 e. The fraction of sp³-hybridized carbons (Fsp3) is 0.381. The summed E-state index contributed by atoms with van der Waals surface area (Å²) in [5.74, 6) is -0.939. The van der Waals surface area contributed by atoms with E-state index in [1.54, 1.807) is 9.80 Å². The largest absolute Gasteiger partial charge is 0.330 e. The second kappa shape index (κ2) is 7.27. The van der Waals surface area contributed by atoms with Crippen molar-refractivity contribution in [3.05, 3.63) is 70.8 Å². The lowest BCUT2D eigenvalue weighted by Gasteiger charge is -2.39. The highest BCUT2D eigenvalue weighted by atomic mass is 19.1. The minimum Gasteiger partial charge on any atom is -0.330 e. The lowest BCUT2D eigenvalue weighted by Crippen LogP contribution is -2.47. The predicted octanol–water partition coefficient (Wildman–Crippen LogP) is 3.31. The van der Waals surface area contributed by atoms with Crippen molar-refractivity contribution in [1.82, 2.24) is 9.80 Å². The van der Waals surface area contributed by atoms with Gasteiger partial charge in [0.25, 0.3) is 0 Å². The predicted molar refractivity (Wildman–Crippen MR) is 99.2 cm³/mol. The molecular weight excluding hydrogens is 348 g/mol. The van der Waals surface area contributed by atoms with Crippen LogP contribution in [0, 0.1) is 17.6 Å². The molecule has 0 radical (unpaired) electrons. The van der Waals surface area contributed by atoms with Gasteiger partial charge in [-0.3, -0.25) is 0 Å². The van der Waals surface area contributed by atoms with Crippen molar-refractivity contribution in [3.63, 3.8) is 0 Å². The number of carbonyl (C=O) groups is 1. The second-order valence-electron chi connectivity index (χ2n) is 7.33. The monoisotopic (exact) mass is 371 g/mol. The zero-order chi connectivity index (χ0) is 19.0. The average molecular weight is 371 g/mol. The van der Waals surface area contributed by atoms with Crippen LogP contribution in [0.3, 0.4) is 0 Å². The van der Waals surface area contributed by atoms with Gasteiger partial charge < -0.3 is 15.5 Å². The fourth-order valence-electron chi connectivity index (χ4n) is 4.21. The zero-order valence-corrected chi connectivity index (χ0v) is 15.1. The number of halogens is 2. The Morgan fingerprint density at radius 3 is 2.67 bits per heavy atom. The van der Waals surface area contributed by atoms with Gasteiger partial charge in [-0.1, -0.05) is 30.3 Å². The van der Waals surface area contributed by atoms with Crippen molar-refractivity contribution < 1.29 is 13.6 Å². The van der Waals surface area contributed by atoms with Crippen LogP contribution in [0.5, 0.6) is 0 Å². The summed E-state index contributed by atoms with van der Waals surface area (Å²) < 4.78 is 28.1. The van der Waals surface area contributed by atoms with Gasteiger partial charge in [-0.15, -0.1) is 0 Å². The molecule has 0 saturated carbocycles. The number of nitrogens with two attached hydrogens (primary N) is 1. The van der Waals surface area contributed by atoms with Crippen molar-refractivity contribution in [2.75, 3.05) is 26.2 Å². The number of hydrogen-bond donors (Lipinski definition) is 1. The van der Waals surface area contributed by atoms with Crippen LogP contribution >= 0.6 is 0 Å². The van der Waals surface area contributed by atoms with E-state index in [4.69, 9.17) is 5.73 Å². The van der Waals surface area contributed by atoms with Crippen LogP contribution in [0.1, 0.15) is 29.2 Å². The van der Waals surface area contributed by atoms with Gasteiger partial charge in [0.1, 0.15) is 11.6 Å². The first-order valence-corrected chi connectivity index (χ1v) is 9.37. The molecule has 1 fully saturated rings. The third-order valence-electron chi connectivity index (χ3n) is 5.68. The number of amides is 2. The summed E-state index contributed by atoms with van der Waals surface area (Å²) in [7, 11) is 0. The van der Waals surface area contributed by atoms with Crippen molar-refractivity contribution in [2.45, 2.75) is 18.9 Å². The number of fused-ring (bicyclic) bond motifs is 1. The Hall–Kier alpha value is -2.47. The summed E-state index contributed by atoms with van der Waals surface area (Å²) >= 11 is 0. The Kier molecular flexibility index (Phi) is 4.83. The normalized spacial score (nSPS) is 22.0. The number of hydrogen-bond acceptors (Lipinski definition) is 2. The molecule has 2 heterocycles. The molecule has 2 aliphatic rings. The summed E-state index contributed by atoms with van der Waals surface area (Å²) in [6, 6.07) is 10.7. The van der Waals surface area contributed by atoms with E-state index >= 15 is 0 Å². The standard InChI is InChI=1S/C21H23F2N3O/c22-16-5-6-18(19(23)11-16)20-17-4-2-1-3-15(17)8-10-26(20)21(27)25-9-7-14(12-24)13-25/h1-6,11,14,20H,7-10,12-13,24H2/t14-,20?/m1/s1. The Labute approximate surface area is 157 Å². The fourth-order valence-corrected chi connectivity index (χ4v) is 4.21. The number of likely N-dealkylation sites (tertiary alicyclic amines) is 1. The van der Waals surface area contributed by atoms with Gasteiger partial charge in [0, 0.05) is 31.3 Å². The second-order valence-corrected chi connectivity index (χ2v) is 7.33. The molecule has 27 heavy (non-hydrogen) atoms. The average Bonchev–Trinajstić information content (AvgIpc) is 3.16. The van der Waals surface area contributed by atoms with Gasteiger partial charge in [0.2, 0.25) is 0 Å². The molecular formula is C21H23F2N3O. The van der Waals surface area contributed by atoms with Crippen LogP contribution in [0.25, 0.3) is 0 Å². The maximum absolute atomic E-state index is 14.7. The quantitative estimate of drug-likeness (QED) is 0.881. The molecule has 1 unspecified atom stereocenters. The number of benzene rings is 2. The molecule has 2 N–H and O–H groups in total. The minimum absolute atomic E-state index is 0.103. The van der Waals surface area contributed by atoms with Gasteiger partial charge in [0.15, 0.2) is 0 Å². The topological polar surface area (TPSA) is 49.6 Å². The third-order valence-corrected chi connectivity index (χ3v) is 5.68. The Morgan fingerprint density at radius 1 is 1.11 bits per heavy atom. The summed E-state index contributed by atoms with van der Waals surface area (Å²) in [5, 5.41) is 0. The van der Waals surface area contributed by atoms with Crippen LogP contribution in [0.15, 0.2) is 42.5 Å². The van der Waals surface area contributed by atoms with E-state index in [1.165, 1.54) is 12.1 Å². The van der Waals surface area contributed by atoms with E-state index in [9.17, 15) is 13.6 Å². The summed E-state index contributed by atoms with van der Waals surface area (Å²) in [6.45, 7) is 2.35. The zero-order valence-electron chi connectivity index (χ0n) is 15.1. The SMILES string of the molecule is NC[C@H]1CCN(C(=O)N2CCc3ccccc3C2c2ccc(F)cc2F)C1. The lowest BCUT2D eigenvalue weighted by atomic mass is 9.88. The molecule has 2 aliphatic heterocycles. The molecule has 142 valence electrons. The molecule has 0 spiro atoms. The van der Waals surface area contributed by atoms with Crippen molar-refractivity contribution >= 4 is 6.03 Å². The number of carbonyl (C=O) groups excluding carboxylic acids is 1. The third kappa shape index (κ3) is 3.30. The molecule has 6 heteroatoms. The van der Waals surface area contributed by atoms with Crippen LogP contribution in [0.2, 0.25) is 0 Å². The van der Waals surface area contributed by atoms with E-state index in [1.807, 2.05) is 24.3 Å². The summed E-state index contributed by atoms with van der Waals surface area (Å²) in [4.78, 5) is 16.8. The molecule has 4 rings (SSSR count). The summed E-state index contributed by atoms with van der Waals surface area (Å²) in [6.07, 6.45) is 1.61. The number of nitrogens with zero attached hydrogens (tertiary/aromatic N) is 2. The van der Waals surface area contributed by atoms with Crippen molar-refractivity contribution in [1.29, 1.82) is 0 Å². The van der Waals surface area contributed by atoms with Crippen molar-refractivity contribution in [3.8, 4) is 0 Å². The van der Waals surface area contributed by atoms with E-state index in [0.29, 0.717) is 37.7 Å². The molecule has 0 aliphatic carbocycles. The van der Waals surface area contributed by atoms with Crippen LogP contribution in [0.4, 0.5) is 13.6 Å². The Bertz CT molecular complexity index is 857. The molecule has 2 atom stereocenters. The van der Waals surface area contributed by atoms with E-state index < -0.39 is 17.7 Å². The maximum atomic E-state index is 14.7. The molecule has 0 aromatic heterocycles. The Morgan fingerprint density at radius 2 is 1.93 bits per heavy atom. The highest BCUT2D eigenvalue weighted by Crippen LogP contribution is 2.37. The van der Waals surface area contributed by atoms with Gasteiger partial charge in [-0.25, -0.2) is 13.6 Å². The molecule has 0 bridgehead atoms. The summed E-state index contributed by atoms with van der Waals surface area (Å²) in [5.41, 5.74) is 8.07.